The van der Waals surface area contributed by atoms with Crippen molar-refractivity contribution in [3.8, 4) is 5.88 Å². The van der Waals surface area contributed by atoms with E-state index in [9.17, 15) is 4.79 Å². The molecule has 0 saturated carbocycles. The molecule has 1 N–H and O–H groups in total. The Morgan fingerprint density at radius 1 is 1.48 bits per heavy atom. The monoisotopic (exact) mass is 352 g/mol. The molecule has 0 aromatic carbocycles. The summed E-state index contributed by atoms with van der Waals surface area (Å²) in [5.41, 5.74) is 0.422. The minimum Gasteiger partial charge on any atom is -0.473 e. The van der Waals surface area contributed by atoms with E-state index in [4.69, 9.17) is 21.1 Å². The van der Waals surface area contributed by atoms with Crippen molar-refractivity contribution in [1.82, 2.24) is 10.3 Å². The molecule has 0 bridgehead atoms. The zero-order valence-corrected chi connectivity index (χ0v) is 14.0. The Hall–Kier alpha value is -1.63. The fraction of sp³-hybridized carbons (Fsp3) is 0.375. The molecule has 2 aromatic heterocycles. The van der Waals surface area contributed by atoms with Crippen LogP contribution in [0.25, 0.3) is 0 Å². The van der Waals surface area contributed by atoms with E-state index >= 15 is 0 Å². The van der Waals surface area contributed by atoms with E-state index in [1.165, 1.54) is 6.20 Å². The molecule has 0 radical (unpaired) electrons. The first-order chi connectivity index (χ1) is 11.2. The normalized spacial score (nSPS) is 15.3. The lowest BCUT2D eigenvalue weighted by Gasteiger charge is -2.23. The van der Waals surface area contributed by atoms with Crippen LogP contribution in [0.3, 0.4) is 0 Å². The second kappa shape index (κ2) is 7.77. The molecule has 122 valence electrons. The minimum atomic E-state index is -0.203. The molecule has 1 saturated heterocycles. The van der Waals surface area contributed by atoms with Crippen LogP contribution >= 0.6 is 22.9 Å². The van der Waals surface area contributed by atoms with Gasteiger partial charge in [0.25, 0.3) is 5.91 Å². The van der Waals surface area contributed by atoms with Crippen molar-refractivity contribution in [2.75, 3.05) is 13.2 Å². The smallest absolute Gasteiger partial charge is 0.253 e. The second-order valence-corrected chi connectivity index (χ2v) is 6.64. The van der Waals surface area contributed by atoms with E-state index in [1.54, 1.807) is 17.4 Å². The van der Waals surface area contributed by atoms with Crippen LogP contribution in [0.15, 0.2) is 29.8 Å². The third-order valence-electron chi connectivity index (χ3n) is 3.52. The van der Waals surface area contributed by atoms with Crippen molar-refractivity contribution in [2.24, 2.45) is 0 Å². The standard InChI is InChI=1S/C16H17ClN2O3S/c17-14-8-11(15(20)18-10-13-2-1-7-23-13)9-19-16(14)22-12-3-5-21-6-4-12/h1-2,7-9,12H,3-6,10H2,(H,18,20). The summed E-state index contributed by atoms with van der Waals surface area (Å²) >= 11 is 7.79. The van der Waals surface area contributed by atoms with Crippen molar-refractivity contribution >= 4 is 28.8 Å². The number of nitrogens with one attached hydrogen (secondary N) is 1. The predicted octanol–water partition coefficient (Wildman–Crippen LogP) is 3.28. The Labute approximate surface area is 143 Å². The molecule has 0 atom stereocenters. The first-order valence-corrected chi connectivity index (χ1v) is 8.68. The largest absolute Gasteiger partial charge is 0.473 e. The summed E-state index contributed by atoms with van der Waals surface area (Å²) in [5.74, 6) is 0.166. The highest BCUT2D eigenvalue weighted by Crippen LogP contribution is 2.25. The van der Waals surface area contributed by atoms with Crippen LogP contribution in [0.1, 0.15) is 28.1 Å². The first-order valence-electron chi connectivity index (χ1n) is 7.43. The average molecular weight is 353 g/mol. The van der Waals surface area contributed by atoms with E-state index in [0.29, 0.717) is 36.2 Å². The number of amides is 1. The molecule has 5 nitrogen and oxygen atoms in total. The number of carbonyl (C=O) groups excluding carboxylic acids is 1. The van der Waals surface area contributed by atoms with Crippen molar-refractivity contribution in [1.29, 1.82) is 0 Å². The van der Waals surface area contributed by atoms with Gasteiger partial charge in [-0.1, -0.05) is 17.7 Å². The summed E-state index contributed by atoms with van der Waals surface area (Å²) in [4.78, 5) is 17.4. The molecular weight excluding hydrogens is 336 g/mol. The van der Waals surface area contributed by atoms with Gasteiger partial charge >= 0.3 is 0 Å². The van der Waals surface area contributed by atoms with Gasteiger partial charge in [-0.05, 0) is 17.5 Å². The van der Waals surface area contributed by atoms with Crippen LogP contribution in [0.2, 0.25) is 5.02 Å². The van der Waals surface area contributed by atoms with Gasteiger partial charge in [0.1, 0.15) is 11.1 Å². The molecule has 1 amide bonds. The number of hydrogen-bond donors (Lipinski definition) is 1. The Kier molecular flexibility index (Phi) is 5.48. The SMILES string of the molecule is O=C(NCc1cccs1)c1cnc(OC2CCOCC2)c(Cl)c1. The Morgan fingerprint density at radius 3 is 3.00 bits per heavy atom. The molecule has 1 aliphatic heterocycles. The minimum absolute atomic E-state index is 0.0623. The molecule has 23 heavy (non-hydrogen) atoms. The molecule has 0 spiro atoms. The molecule has 0 aliphatic carbocycles. The maximum absolute atomic E-state index is 12.1. The number of aromatic nitrogens is 1. The summed E-state index contributed by atoms with van der Waals surface area (Å²) in [6.07, 6.45) is 3.19. The van der Waals surface area contributed by atoms with Crippen molar-refractivity contribution in [3.63, 3.8) is 0 Å². The molecule has 3 heterocycles. The number of halogens is 1. The molecule has 1 aliphatic rings. The van der Waals surface area contributed by atoms with Gasteiger partial charge in [-0.15, -0.1) is 11.3 Å². The van der Waals surface area contributed by atoms with Gasteiger partial charge in [-0.2, -0.15) is 0 Å². The third-order valence-corrected chi connectivity index (χ3v) is 4.67. The fourth-order valence-electron chi connectivity index (χ4n) is 2.27. The van der Waals surface area contributed by atoms with Crippen LogP contribution in [-0.4, -0.2) is 30.2 Å². The van der Waals surface area contributed by atoms with E-state index in [2.05, 4.69) is 10.3 Å². The van der Waals surface area contributed by atoms with Crippen LogP contribution in [0.4, 0.5) is 0 Å². The summed E-state index contributed by atoms with van der Waals surface area (Å²) in [5, 5.41) is 5.17. The quantitative estimate of drug-likeness (QED) is 0.897. The number of rotatable bonds is 5. The van der Waals surface area contributed by atoms with Gasteiger partial charge in [-0.25, -0.2) is 4.98 Å². The number of nitrogens with zero attached hydrogens (tertiary/aromatic N) is 1. The lowest BCUT2D eigenvalue weighted by molar-refractivity contribution is 0.0238. The molecule has 2 aromatic rings. The van der Waals surface area contributed by atoms with Gasteiger partial charge in [0.15, 0.2) is 0 Å². The van der Waals surface area contributed by atoms with Crippen molar-refractivity contribution in [3.05, 3.63) is 45.2 Å². The topological polar surface area (TPSA) is 60.5 Å². The molecular formula is C16H17ClN2O3S. The highest BCUT2D eigenvalue weighted by atomic mass is 35.5. The zero-order valence-electron chi connectivity index (χ0n) is 12.5. The molecule has 7 heteroatoms. The van der Waals surface area contributed by atoms with Crippen LogP contribution in [-0.2, 0) is 11.3 Å². The van der Waals surface area contributed by atoms with E-state index in [-0.39, 0.29) is 12.0 Å². The number of carbonyl (C=O) groups is 1. The summed E-state index contributed by atoms with van der Waals surface area (Å²) < 4.78 is 11.1. The Morgan fingerprint density at radius 2 is 2.30 bits per heavy atom. The highest BCUT2D eigenvalue weighted by Gasteiger charge is 2.18. The van der Waals surface area contributed by atoms with Gasteiger partial charge in [0.05, 0.1) is 25.3 Å². The molecule has 0 unspecified atom stereocenters. The lowest BCUT2D eigenvalue weighted by atomic mass is 10.1. The van der Waals surface area contributed by atoms with Crippen molar-refractivity contribution in [2.45, 2.75) is 25.5 Å². The number of pyridine rings is 1. The number of thiophene rings is 1. The van der Waals surface area contributed by atoms with E-state index < -0.39 is 0 Å². The van der Waals surface area contributed by atoms with Crippen molar-refractivity contribution < 1.29 is 14.3 Å². The van der Waals surface area contributed by atoms with Crippen LogP contribution in [0.5, 0.6) is 5.88 Å². The number of ether oxygens (including phenoxy) is 2. The summed E-state index contributed by atoms with van der Waals surface area (Å²) in [7, 11) is 0. The summed E-state index contributed by atoms with van der Waals surface area (Å²) in [6.45, 7) is 1.87. The molecule has 3 rings (SSSR count). The Bertz CT molecular complexity index is 657. The van der Waals surface area contributed by atoms with Gasteiger partial charge in [0.2, 0.25) is 5.88 Å². The highest BCUT2D eigenvalue weighted by molar-refractivity contribution is 7.09. The van der Waals surface area contributed by atoms with Gasteiger partial charge < -0.3 is 14.8 Å². The fourth-order valence-corrected chi connectivity index (χ4v) is 3.13. The van der Waals surface area contributed by atoms with E-state index in [1.807, 2.05) is 17.5 Å². The maximum atomic E-state index is 12.1. The average Bonchev–Trinajstić information content (AvgIpc) is 3.09. The third kappa shape index (κ3) is 4.43. The summed E-state index contributed by atoms with van der Waals surface area (Å²) in [6, 6.07) is 5.51. The van der Waals surface area contributed by atoms with E-state index in [0.717, 1.165) is 17.7 Å². The van der Waals surface area contributed by atoms with Crippen LogP contribution < -0.4 is 10.1 Å². The number of hydrogen-bond acceptors (Lipinski definition) is 5. The predicted molar refractivity (Wildman–Crippen MR) is 89.2 cm³/mol. The second-order valence-electron chi connectivity index (χ2n) is 5.20. The van der Waals surface area contributed by atoms with Gasteiger partial charge in [0, 0.05) is 23.9 Å². The lowest BCUT2D eigenvalue weighted by Crippen LogP contribution is -2.26. The molecule has 1 fully saturated rings. The zero-order chi connectivity index (χ0) is 16.1. The first kappa shape index (κ1) is 16.2. The van der Waals surface area contributed by atoms with Gasteiger partial charge in [-0.3, -0.25) is 4.79 Å². The Balaban J connectivity index is 1.60. The van der Waals surface area contributed by atoms with Crippen LogP contribution in [0, 0.1) is 0 Å². The maximum Gasteiger partial charge on any atom is 0.253 e.